The SMILES string of the molecule is COc1cccc(CCNC(=O)C2CC(=O)N(c3cccc(C#N)c3)C2)c1. The first-order valence-corrected chi connectivity index (χ1v) is 8.82. The van der Waals surface area contributed by atoms with Gasteiger partial charge in [-0.05, 0) is 42.3 Å². The van der Waals surface area contributed by atoms with Gasteiger partial charge in [-0.2, -0.15) is 5.26 Å². The molecule has 1 aliphatic rings. The minimum Gasteiger partial charge on any atom is -0.497 e. The molecule has 2 amide bonds. The van der Waals surface area contributed by atoms with Gasteiger partial charge in [-0.25, -0.2) is 0 Å². The van der Waals surface area contributed by atoms with Crippen LogP contribution in [0, 0.1) is 17.2 Å². The number of ether oxygens (including phenoxy) is 1. The highest BCUT2D eigenvalue weighted by Crippen LogP contribution is 2.25. The number of nitrogens with zero attached hydrogens (tertiary/aromatic N) is 2. The molecule has 138 valence electrons. The Bertz CT molecular complexity index is 888. The summed E-state index contributed by atoms with van der Waals surface area (Å²) in [5.74, 6) is 0.187. The van der Waals surface area contributed by atoms with Crippen molar-refractivity contribution in [3.63, 3.8) is 0 Å². The van der Waals surface area contributed by atoms with E-state index in [1.165, 1.54) is 0 Å². The van der Waals surface area contributed by atoms with Crippen molar-refractivity contribution in [3.05, 3.63) is 59.7 Å². The van der Waals surface area contributed by atoms with Crippen molar-refractivity contribution >= 4 is 17.5 Å². The minimum atomic E-state index is -0.381. The van der Waals surface area contributed by atoms with Crippen LogP contribution in [-0.2, 0) is 16.0 Å². The molecular weight excluding hydrogens is 342 g/mol. The van der Waals surface area contributed by atoms with E-state index in [9.17, 15) is 9.59 Å². The molecular formula is C21H21N3O3. The standard InChI is InChI=1S/C21H21N3O3/c1-27-19-7-3-4-15(11-19)8-9-23-21(26)17-12-20(25)24(14-17)18-6-2-5-16(10-18)13-22/h2-7,10-11,17H,8-9,12,14H2,1H3,(H,23,26). The topological polar surface area (TPSA) is 82.4 Å². The Balaban J connectivity index is 1.55. The largest absolute Gasteiger partial charge is 0.497 e. The van der Waals surface area contributed by atoms with Crippen molar-refractivity contribution in [1.82, 2.24) is 5.32 Å². The highest BCUT2D eigenvalue weighted by atomic mass is 16.5. The lowest BCUT2D eigenvalue weighted by Gasteiger charge is -2.17. The van der Waals surface area contributed by atoms with E-state index in [-0.39, 0.29) is 24.2 Å². The number of nitrogens with one attached hydrogen (secondary N) is 1. The lowest BCUT2D eigenvalue weighted by molar-refractivity contribution is -0.126. The van der Waals surface area contributed by atoms with Crippen LogP contribution >= 0.6 is 0 Å². The summed E-state index contributed by atoms with van der Waals surface area (Å²) >= 11 is 0. The minimum absolute atomic E-state index is 0.0990. The molecule has 1 heterocycles. The van der Waals surface area contributed by atoms with Gasteiger partial charge in [0.05, 0.1) is 24.7 Å². The molecule has 6 nitrogen and oxygen atoms in total. The van der Waals surface area contributed by atoms with Crippen LogP contribution in [0.1, 0.15) is 17.5 Å². The summed E-state index contributed by atoms with van der Waals surface area (Å²) in [6.07, 6.45) is 0.874. The van der Waals surface area contributed by atoms with Gasteiger partial charge < -0.3 is 15.0 Å². The third kappa shape index (κ3) is 4.45. The molecule has 0 saturated carbocycles. The van der Waals surface area contributed by atoms with Gasteiger partial charge in [-0.3, -0.25) is 9.59 Å². The molecule has 1 saturated heterocycles. The van der Waals surface area contributed by atoms with E-state index >= 15 is 0 Å². The molecule has 6 heteroatoms. The highest BCUT2D eigenvalue weighted by molar-refractivity contribution is 6.00. The second-order valence-electron chi connectivity index (χ2n) is 6.46. The predicted octanol–water partition coefficient (Wildman–Crippen LogP) is 2.28. The Morgan fingerprint density at radius 2 is 2.11 bits per heavy atom. The van der Waals surface area contributed by atoms with E-state index in [1.54, 1.807) is 36.3 Å². The maximum absolute atomic E-state index is 12.4. The quantitative estimate of drug-likeness (QED) is 0.854. The van der Waals surface area contributed by atoms with E-state index in [0.29, 0.717) is 30.8 Å². The first-order chi connectivity index (χ1) is 13.1. The fraction of sp³-hybridized carbons (Fsp3) is 0.286. The van der Waals surface area contributed by atoms with Gasteiger partial charge >= 0.3 is 0 Å². The van der Waals surface area contributed by atoms with Gasteiger partial charge in [0.1, 0.15) is 5.75 Å². The Labute approximate surface area is 158 Å². The van der Waals surface area contributed by atoms with Crippen LogP contribution in [0.3, 0.4) is 0 Å². The summed E-state index contributed by atoms with van der Waals surface area (Å²) in [5, 5.41) is 11.9. The molecule has 27 heavy (non-hydrogen) atoms. The van der Waals surface area contributed by atoms with E-state index in [4.69, 9.17) is 10.00 Å². The fourth-order valence-corrected chi connectivity index (χ4v) is 3.18. The second-order valence-corrected chi connectivity index (χ2v) is 6.46. The van der Waals surface area contributed by atoms with E-state index < -0.39 is 0 Å². The number of amides is 2. The lowest BCUT2D eigenvalue weighted by Crippen LogP contribution is -2.34. The summed E-state index contributed by atoms with van der Waals surface area (Å²) in [7, 11) is 1.62. The number of carbonyl (C=O) groups excluding carboxylic acids is 2. The van der Waals surface area contributed by atoms with Gasteiger partial charge in [0, 0.05) is 25.2 Å². The molecule has 2 aromatic rings. The molecule has 1 atom stereocenters. The Morgan fingerprint density at radius 3 is 2.89 bits per heavy atom. The van der Waals surface area contributed by atoms with Crippen molar-refractivity contribution in [3.8, 4) is 11.8 Å². The van der Waals surface area contributed by atoms with E-state index in [2.05, 4.69) is 11.4 Å². The third-order valence-corrected chi connectivity index (χ3v) is 4.63. The van der Waals surface area contributed by atoms with Crippen molar-refractivity contribution in [2.45, 2.75) is 12.8 Å². The maximum Gasteiger partial charge on any atom is 0.227 e. The first kappa shape index (κ1) is 18.5. The van der Waals surface area contributed by atoms with Gasteiger partial charge in [0.15, 0.2) is 0 Å². The number of hydrogen-bond donors (Lipinski definition) is 1. The zero-order chi connectivity index (χ0) is 19.2. The molecule has 0 aliphatic carbocycles. The number of carbonyl (C=O) groups is 2. The number of nitriles is 1. The monoisotopic (exact) mass is 363 g/mol. The second kappa shape index (κ2) is 8.37. The molecule has 2 aromatic carbocycles. The zero-order valence-corrected chi connectivity index (χ0v) is 15.1. The van der Waals surface area contributed by atoms with E-state index in [0.717, 1.165) is 11.3 Å². The summed E-state index contributed by atoms with van der Waals surface area (Å²) in [4.78, 5) is 26.3. The molecule has 1 aliphatic heterocycles. The van der Waals surface area contributed by atoms with Crippen molar-refractivity contribution < 1.29 is 14.3 Å². The van der Waals surface area contributed by atoms with E-state index in [1.807, 2.05) is 24.3 Å². The smallest absolute Gasteiger partial charge is 0.227 e. The van der Waals surface area contributed by atoms with Crippen LogP contribution in [0.5, 0.6) is 5.75 Å². The number of rotatable bonds is 6. The Hall–Kier alpha value is -3.33. The molecule has 1 unspecified atom stereocenters. The van der Waals surface area contributed by atoms with Crippen LogP contribution in [-0.4, -0.2) is 32.0 Å². The van der Waals surface area contributed by atoms with Crippen LogP contribution in [0.4, 0.5) is 5.69 Å². The zero-order valence-electron chi connectivity index (χ0n) is 15.1. The fourth-order valence-electron chi connectivity index (χ4n) is 3.18. The predicted molar refractivity (Wildman–Crippen MR) is 101 cm³/mol. The maximum atomic E-state index is 12.4. The number of methoxy groups -OCH3 is 1. The number of anilines is 1. The number of hydrogen-bond acceptors (Lipinski definition) is 4. The summed E-state index contributed by atoms with van der Waals surface area (Å²) in [5.41, 5.74) is 2.23. The van der Waals surface area contributed by atoms with Crippen molar-refractivity contribution in [1.29, 1.82) is 5.26 Å². The molecule has 0 aromatic heterocycles. The van der Waals surface area contributed by atoms with Gasteiger partial charge in [0.2, 0.25) is 11.8 Å². The summed E-state index contributed by atoms with van der Waals surface area (Å²) in [6, 6.07) is 16.7. The Morgan fingerprint density at radius 1 is 1.30 bits per heavy atom. The van der Waals surface area contributed by atoms with Crippen molar-refractivity contribution in [2.75, 3.05) is 25.1 Å². The van der Waals surface area contributed by atoms with Crippen LogP contribution < -0.4 is 15.0 Å². The van der Waals surface area contributed by atoms with Crippen LogP contribution in [0.15, 0.2) is 48.5 Å². The molecule has 0 radical (unpaired) electrons. The summed E-state index contributed by atoms with van der Waals surface area (Å²) < 4.78 is 5.20. The van der Waals surface area contributed by atoms with Gasteiger partial charge in [-0.1, -0.05) is 18.2 Å². The molecule has 1 N–H and O–H groups in total. The molecule has 1 fully saturated rings. The first-order valence-electron chi connectivity index (χ1n) is 8.82. The van der Waals surface area contributed by atoms with Gasteiger partial charge in [-0.15, -0.1) is 0 Å². The van der Waals surface area contributed by atoms with Crippen LogP contribution in [0.25, 0.3) is 0 Å². The molecule has 0 spiro atoms. The Kier molecular flexibility index (Phi) is 5.72. The van der Waals surface area contributed by atoms with Gasteiger partial charge in [0.25, 0.3) is 0 Å². The highest BCUT2D eigenvalue weighted by Gasteiger charge is 2.35. The average molecular weight is 363 g/mol. The van der Waals surface area contributed by atoms with Crippen molar-refractivity contribution in [2.24, 2.45) is 5.92 Å². The van der Waals surface area contributed by atoms with Crippen LogP contribution in [0.2, 0.25) is 0 Å². The molecule has 0 bridgehead atoms. The normalized spacial score (nSPS) is 16.1. The summed E-state index contributed by atoms with van der Waals surface area (Å²) in [6.45, 7) is 0.833. The third-order valence-electron chi connectivity index (χ3n) is 4.63. The lowest BCUT2D eigenvalue weighted by atomic mass is 10.1. The number of benzene rings is 2. The molecule has 3 rings (SSSR count). The average Bonchev–Trinajstić information content (AvgIpc) is 3.10.